The summed E-state index contributed by atoms with van der Waals surface area (Å²) >= 11 is 0. The summed E-state index contributed by atoms with van der Waals surface area (Å²) < 4.78 is 46.2. The van der Waals surface area contributed by atoms with Crippen LogP contribution in [0.2, 0.25) is 0 Å². The maximum Gasteiger partial charge on any atom is 0.406 e. The topological polar surface area (TPSA) is 99.8 Å². The summed E-state index contributed by atoms with van der Waals surface area (Å²) in [5, 5.41) is 7.69. The number of ether oxygens (including phenoxy) is 1. The minimum Gasteiger partial charge on any atom is -0.374 e. The highest BCUT2D eigenvalue weighted by Crippen LogP contribution is 2.31. The van der Waals surface area contributed by atoms with Crippen LogP contribution in [0.4, 0.5) is 13.2 Å². The molecule has 1 aromatic rings. The number of piperidine rings is 1. The van der Waals surface area contributed by atoms with Gasteiger partial charge in [0, 0.05) is 38.2 Å². The lowest BCUT2D eigenvalue weighted by Gasteiger charge is -2.33. The molecule has 3 heterocycles. The van der Waals surface area contributed by atoms with Crippen LogP contribution < -0.4 is 16.0 Å². The van der Waals surface area contributed by atoms with Crippen molar-refractivity contribution in [3.8, 4) is 0 Å². The van der Waals surface area contributed by atoms with Gasteiger partial charge in [-0.2, -0.15) is 13.2 Å². The summed E-state index contributed by atoms with van der Waals surface area (Å²) in [5.41, 5.74) is 1.51. The number of hydrogen-bond acceptors (Lipinski definition) is 6. The largest absolute Gasteiger partial charge is 0.406 e. The van der Waals surface area contributed by atoms with Crippen LogP contribution in [-0.2, 0) is 27.4 Å². The second kappa shape index (κ2) is 8.56. The molecule has 3 unspecified atom stereocenters. The van der Waals surface area contributed by atoms with Crippen LogP contribution in [0, 0.1) is 0 Å². The number of nitrogens with zero attached hydrogens (tertiary/aromatic N) is 1. The van der Waals surface area contributed by atoms with E-state index < -0.39 is 30.3 Å². The second-order valence-corrected chi connectivity index (χ2v) is 7.86. The van der Waals surface area contributed by atoms with Crippen LogP contribution in [0.15, 0.2) is 18.2 Å². The molecule has 0 spiro atoms. The van der Waals surface area contributed by atoms with Gasteiger partial charge >= 0.3 is 6.18 Å². The summed E-state index contributed by atoms with van der Waals surface area (Å²) in [6.07, 6.45) is -5.20. The van der Waals surface area contributed by atoms with Crippen molar-refractivity contribution in [3.05, 3.63) is 34.9 Å². The molecule has 0 aromatic heterocycles. The van der Waals surface area contributed by atoms with E-state index in [-0.39, 0.29) is 50.9 Å². The monoisotopic (exact) mass is 440 g/mol. The first-order chi connectivity index (χ1) is 14.8. The number of hydrogen-bond donors (Lipinski definition) is 3. The Morgan fingerprint density at radius 2 is 2.06 bits per heavy atom. The van der Waals surface area contributed by atoms with E-state index in [0.717, 1.165) is 0 Å². The number of halogens is 3. The van der Waals surface area contributed by atoms with E-state index in [4.69, 9.17) is 4.74 Å². The van der Waals surface area contributed by atoms with Crippen molar-refractivity contribution in [1.82, 2.24) is 20.9 Å². The van der Waals surface area contributed by atoms with E-state index in [1.807, 2.05) is 0 Å². The van der Waals surface area contributed by atoms with Gasteiger partial charge in [0.05, 0.1) is 12.7 Å². The van der Waals surface area contributed by atoms with Gasteiger partial charge in [0.15, 0.2) is 0 Å². The highest BCUT2D eigenvalue weighted by atomic mass is 19.4. The zero-order valence-electron chi connectivity index (χ0n) is 16.6. The molecular formula is C20H23F3N4O4. The number of nitrogens with one attached hydrogen (secondary N) is 3. The molecule has 2 saturated heterocycles. The van der Waals surface area contributed by atoms with Crippen LogP contribution in [0.1, 0.15) is 34.3 Å². The molecule has 0 radical (unpaired) electrons. The number of morpholine rings is 1. The van der Waals surface area contributed by atoms with Crippen molar-refractivity contribution in [2.45, 2.75) is 50.3 Å². The highest BCUT2D eigenvalue weighted by molar-refractivity contribution is 6.05. The van der Waals surface area contributed by atoms with Gasteiger partial charge < -0.3 is 15.0 Å². The maximum atomic E-state index is 13.6. The number of rotatable bonds is 5. The lowest BCUT2D eigenvalue weighted by Crippen LogP contribution is -2.57. The number of carbonyl (C=O) groups is 3. The van der Waals surface area contributed by atoms with Gasteiger partial charge in [-0.3, -0.25) is 25.0 Å². The number of imide groups is 1. The standard InChI is InChI=1S/C20H23F3N4O4/c21-20(22,23)17(15-9-24-6-7-31-15)25-8-11-2-1-3-12-13(11)10-27(19(12)30)14-4-5-16(28)26-18(14)29/h1-3,14-15,17,24-25H,4-10H2,(H,26,28,29). The van der Waals surface area contributed by atoms with Crippen LogP contribution in [-0.4, -0.2) is 66.7 Å². The molecule has 3 aliphatic rings. The fraction of sp³-hybridized carbons (Fsp3) is 0.550. The van der Waals surface area contributed by atoms with Crippen LogP contribution in [0.25, 0.3) is 0 Å². The van der Waals surface area contributed by atoms with Crippen molar-refractivity contribution < 1.29 is 32.3 Å². The van der Waals surface area contributed by atoms with E-state index in [1.165, 1.54) is 4.90 Å². The Kier molecular flexibility index (Phi) is 6.00. The van der Waals surface area contributed by atoms with E-state index in [1.54, 1.807) is 18.2 Å². The number of benzene rings is 1. The molecule has 3 aliphatic heterocycles. The smallest absolute Gasteiger partial charge is 0.374 e. The average molecular weight is 440 g/mol. The van der Waals surface area contributed by atoms with Gasteiger partial charge in [-0.05, 0) is 23.6 Å². The minimum atomic E-state index is -4.50. The first-order valence-corrected chi connectivity index (χ1v) is 10.1. The summed E-state index contributed by atoms with van der Waals surface area (Å²) in [4.78, 5) is 37.8. The van der Waals surface area contributed by atoms with Gasteiger partial charge in [0.25, 0.3) is 5.91 Å². The highest BCUT2D eigenvalue weighted by Gasteiger charge is 2.46. The van der Waals surface area contributed by atoms with E-state index in [9.17, 15) is 27.6 Å². The Bertz CT molecular complexity index is 886. The zero-order valence-corrected chi connectivity index (χ0v) is 16.6. The maximum absolute atomic E-state index is 13.6. The fourth-order valence-electron chi connectivity index (χ4n) is 4.29. The minimum absolute atomic E-state index is 0.0891. The van der Waals surface area contributed by atoms with Crippen molar-refractivity contribution in [3.63, 3.8) is 0 Å². The van der Waals surface area contributed by atoms with Gasteiger partial charge in [-0.15, -0.1) is 0 Å². The predicted molar refractivity (Wildman–Crippen MR) is 102 cm³/mol. The van der Waals surface area contributed by atoms with E-state index in [0.29, 0.717) is 23.2 Å². The molecule has 0 saturated carbocycles. The second-order valence-electron chi connectivity index (χ2n) is 7.86. The fourth-order valence-corrected chi connectivity index (χ4v) is 4.29. The van der Waals surface area contributed by atoms with Crippen molar-refractivity contribution >= 4 is 17.7 Å². The Morgan fingerprint density at radius 3 is 2.74 bits per heavy atom. The number of fused-ring (bicyclic) bond motifs is 1. The Labute approximate surface area is 176 Å². The van der Waals surface area contributed by atoms with Gasteiger partial charge in [-0.25, -0.2) is 0 Å². The number of alkyl halides is 3. The van der Waals surface area contributed by atoms with Crippen molar-refractivity contribution in [2.24, 2.45) is 0 Å². The van der Waals surface area contributed by atoms with Gasteiger partial charge in [-0.1, -0.05) is 12.1 Å². The quantitative estimate of drug-likeness (QED) is 0.576. The van der Waals surface area contributed by atoms with Gasteiger partial charge in [0.1, 0.15) is 12.1 Å². The normalized spacial score (nSPS) is 25.4. The molecule has 2 fully saturated rings. The zero-order chi connectivity index (χ0) is 22.2. The first kappa shape index (κ1) is 21.7. The van der Waals surface area contributed by atoms with E-state index in [2.05, 4.69) is 16.0 Å². The average Bonchev–Trinajstić information content (AvgIpc) is 3.05. The first-order valence-electron chi connectivity index (χ1n) is 10.1. The molecule has 4 rings (SSSR count). The van der Waals surface area contributed by atoms with Crippen LogP contribution >= 0.6 is 0 Å². The molecule has 168 valence electrons. The molecule has 8 nitrogen and oxygen atoms in total. The Balaban J connectivity index is 1.50. The summed E-state index contributed by atoms with van der Waals surface area (Å²) in [6, 6.07) is 2.24. The molecule has 3 atom stereocenters. The molecule has 3 amide bonds. The lowest BCUT2D eigenvalue weighted by atomic mass is 10.0. The number of amides is 3. The summed E-state index contributed by atoms with van der Waals surface area (Å²) in [6.45, 7) is 0.798. The van der Waals surface area contributed by atoms with Crippen molar-refractivity contribution in [2.75, 3.05) is 19.7 Å². The molecule has 0 bridgehead atoms. The van der Waals surface area contributed by atoms with Gasteiger partial charge in [0.2, 0.25) is 11.8 Å². The molecule has 31 heavy (non-hydrogen) atoms. The SMILES string of the molecule is O=C1CCC(N2Cc3c(CNC(C4CNCCO4)C(F)(F)F)cccc3C2=O)C(=O)N1. The molecule has 0 aliphatic carbocycles. The van der Waals surface area contributed by atoms with Crippen molar-refractivity contribution in [1.29, 1.82) is 0 Å². The molecule has 3 N–H and O–H groups in total. The lowest BCUT2D eigenvalue weighted by molar-refractivity contribution is -0.188. The third-order valence-corrected chi connectivity index (χ3v) is 5.87. The molecular weight excluding hydrogens is 417 g/mol. The third kappa shape index (κ3) is 4.43. The number of carbonyl (C=O) groups excluding carboxylic acids is 3. The van der Waals surface area contributed by atoms with Crippen LogP contribution in [0.3, 0.4) is 0 Å². The Hall–Kier alpha value is -2.50. The summed E-state index contributed by atoms with van der Waals surface area (Å²) in [5.74, 6) is -1.28. The van der Waals surface area contributed by atoms with Crippen LogP contribution in [0.5, 0.6) is 0 Å². The molecule has 1 aromatic carbocycles. The van der Waals surface area contributed by atoms with E-state index >= 15 is 0 Å². The predicted octanol–water partition coefficient (Wildman–Crippen LogP) is 0.457. The Morgan fingerprint density at radius 1 is 1.26 bits per heavy atom. The third-order valence-electron chi connectivity index (χ3n) is 5.87. The molecule has 11 heteroatoms. The summed E-state index contributed by atoms with van der Waals surface area (Å²) in [7, 11) is 0.